The van der Waals surface area contributed by atoms with Gasteiger partial charge in [-0.15, -0.1) is 16.4 Å². The maximum absolute atomic E-state index is 8.88. The normalized spacial score (nSPS) is 15.2. The molecular formula is C12H10N4S. The van der Waals surface area contributed by atoms with Crippen molar-refractivity contribution < 1.29 is 0 Å². The lowest BCUT2D eigenvalue weighted by molar-refractivity contribution is 0.937. The third kappa shape index (κ3) is 2.12. The molecule has 1 aliphatic rings. The van der Waals surface area contributed by atoms with Gasteiger partial charge < -0.3 is 0 Å². The smallest absolute Gasteiger partial charge is 0.191 e. The van der Waals surface area contributed by atoms with Crippen LogP contribution in [0.25, 0.3) is 16.6 Å². The number of thiophene rings is 1. The van der Waals surface area contributed by atoms with Crippen molar-refractivity contribution in [3.8, 4) is 16.6 Å². The van der Waals surface area contributed by atoms with E-state index in [1.165, 1.54) is 17.7 Å². The van der Waals surface area contributed by atoms with Gasteiger partial charge in [-0.3, -0.25) is 0 Å². The zero-order chi connectivity index (χ0) is 11.7. The first-order valence-electron chi connectivity index (χ1n) is 5.46. The number of nitriles is 1. The molecule has 0 aromatic carbocycles. The number of aromatic amines is 1. The molecule has 0 atom stereocenters. The van der Waals surface area contributed by atoms with Crippen LogP contribution in [0.2, 0.25) is 0 Å². The number of aromatic nitrogens is 3. The summed E-state index contributed by atoms with van der Waals surface area (Å²) in [5.74, 6) is 0.780. The van der Waals surface area contributed by atoms with Crippen molar-refractivity contribution in [2.24, 2.45) is 5.92 Å². The van der Waals surface area contributed by atoms with Gasteiger partial charge in [-0.05, 0) is 37.0 Å². The number of hydrogen-bond donors (Lipinski definition) is 1. The molecule has 0 radical (unpaired) electrons. The minimum Gasteiger partial charge on any atom is -0.196 e. The van der Waals surface area contributed by atoms with Crippen LogP contribution < -0.4 is 0 Å². The van der Waals surface area contributed by atoms with E-state index in [-0.39, 0.29) is 0 Å². The Hall–Kier alpha value is -1.93. The van der Waals surface area contributed by atoms with E-state index in [9.17, 15) is 0 Å². The second kappa shape index (κ2) is 4.15. The molecule has 1 fully saturated rings. The largest absolute Gasteiger partial charge is 0.196 e. The van der Waals surface area contributed by atoms with E-state index >= 15 is 0 Å². The number of nitrogens with zero attached hydrogens (tertiary/aromatic N) is 3. The van der Waals surface area contributed by atoms with Crippen molar-refractivity contribution in [2.45, 2.75) is 12.8 Å². The summed E-state index contributed by atoms with van der Waals surface area (Å²) in [6, 6.07) is 6.06. The highest BCUT2D eigenvalue weighted by atomic mass is 32.1. The Balaban J connectivity index is 1.87. The predicted octanol–water partition coefficient (Wildman–Crippen LogP) is 2.83. The third-order valence-corrected chi connectivity index (χ3v) is 3.73. The van der Waals surface area contributed by atoms with Gasteiger partial charge in [-0.25, -0.2) is 0 Å². The summed E-state index contributed by atoms with van der Waals surface area (Å²) in [5, 5.41) is 19.2. The monoisotopic (exact) mass is 242 g/mol. The van der Waals surface area contributed by atoms with E-state index in [2.05, 4.69) is 33.6 Å². The van der Waals surface area contributed by atoms with Gasteiger partial charge in [-0.2, -0.15) is 15.6 Å². The van der Waals surface area contributed by atoms with Crippen molar-refractivity contribution in [2.75, 3.05) is 0 Å². The van der Waals surface area contributed by atoms with Crippen molar-refractivity contribution in [3.63, 3.8) is 0 Å². The van der Waals surface area contributed by atoms with E-state index in [1.54, 1.807) is 11.3 Å². The fourth-order valence-corrected chi connectivity index (χ4v) is 2.48. The van der Waals surface area contributed by atoms with Gasteiger partial charge in [0.25, 0.3) is 0 Å². The average molecular weight is 242 g/mol. The van der Waals surface area contributed by atoms with Crippen LogP contribution in [0.5, 0.6) is 0 Å². The quantitative estimate of drug-likeness (QED) is 0.900. The summed E-state index contributed by atoms with van der Waals surface area (Å²) >= 11 is 1.63. The Bertz CT molecular complexity index is 598. The van der Waals surface area contributed by atoms with E-state index < -0.39 is 0 Å². The molecule has 5 heteroatoms. The molecule has 0 saturated heterocycles. The Kier molecular flexibility index (Phi) is 2.50. The topological polar surface area (TPSA) is 65.4 Å². The molecule has 1 N–H and O–H groups in total. The summed E-state index contributed by atoms with van der Waals surface area (Å²) < 4.78 is 0. The predicted molar refractivity (Wildman–Crippen MR) is 66.2 cm³/mol. The number of allylic oxidation sites excluding steroid dienone is 1. The van der Waals surface area contributed by atoms with E-state index in [0.29, 0.717) is 11.4 Å². The average Bonchev–Trinajstić information content (AvgIpc) is 2.89. The molecule has 0 unspecified atom stereocenters. The minimum absolute atomic E-state index is 0.351. The Morgan fingerprint density at radius 1 is 1.41 bits per heavy atom. The molecule has 0 aliphatic heterocycles. The summed E-state index contributed by atoms with van der Waals surface area (Å²) in [6.45, 7) is 0. The fourth-order valence-electron chi connectivity index (χ4n) is 1.57. The van der Waals surface area contributed by atoms with Crippen LogP contribution >= 0.6 is 11.3 Å². The van der Waals surface area contributed by atoms with E-state index in [4.69, 9.17) is 5.26 Å². The van der Waals surface area contributed by atoms with Gasteiger partial charge in [0.2, 0.25) is 0 Å². The molecule has 84 valence electrons. The number of H-pyrrole nitrogens is 1. The van der Waals surface area contributed by atoms with Crippen LogP contribution in [0.15, 0.2) is 18.2 Å². The lowest BCUT2D eigenvalue weighted by Crippen LogP contribution is -1.77. The van der Waals surface area contributed by atoms with Crippen molar-refractivity contribution in [1.82, 2.24) is 15.4 Å². The van der Waals surface area contributed by atoms with Crippen LogP contribution in [0.1, 0.15) is 23.4 Å². The maximum atomic E-state index is 8.88. The lowest BCUT2D eigenvalue weighted by atomic mass is 10.3. The first kappa shape index (κ1) is 10.2. The molecule has 0 amide bonds. The second-order valence-corrected chi connectivity index (χ2v) is 5.15. The molecule has 1 aliphatic carbocycles. The third-order valence-electron chi connectivity index (χ3n) is 2.67. The highest BCUT2D eigenvalue weighted by Gasteiger charge is 2.17. The van der Waals surface area contributed by atoms with Crippen molar-refractivity contribution >= 4 is 17.4 Å². The van der Waals surface area contributed by atoms with Gasteiger partial charge in [0.1, 0.15) is 11.8 Å². The molecule has 3 rings (SSSR count). The van der Waals surface area contributed by atoms with Crippen LogP contribution in [0.4, 0.5) is 0 Å². The first-order chi connectivity index (χ1) is 8.36. The SMILES string of the molecule is N#Cc1n[nH]nc1-c1ccc(/C=C/C2CC2)s1. The van der Waals surface area contributed by atoms with Gasteiger partial charge in [0, 0.05) is 4.88 Å². The highest BCUT2D eigenvalue weighted by molar-refractivity contribution is 7.16. The Labute approximate surface area is 103 Å². The summed E-state index contributed by atoms with van der Waals surface area (Å²) in [7, 11) is 0. The molecule has 2 aromatic rings. The van der Waals surface area contributed by atoms with Crippen molar-refractivity contribution in [1.29, 1.82) is 5.26 Å². The molecule has 2 aromatic heterocycles. The number of hydrogen-bond acceptors (Lipinski definition) is 4. The van der Waals surface area contributed by atoms with Crippen LogP contribution in [0, 0.1) is 17.2 Å². The molecule has 4 nitrogen and oxygen atoms in total. The molecule has 0 spiro atoms. The lowest BCUT2D eigenvalue weighted by Gasteiger charge is -1.87. The number of rotatable bonds is 3. The van der Waals surface area contributed by atoms with E-state index in [1.807, 2.05) is 12.1 Å². The van der Waals surface area contributed by atoms with Gasteiger partial charge >= 0.3 is 0 Å². The van der Waals surface area contributed by atoms with Crippen LogP contribution in [-0.4, -0.2) is 15.4 Å². The van der Waals surface area contributed by atoms with E-state index in [0.717, 1.165) is 10.8 Å². The molecule has 2 heterocycles. The standard InChI is InChI=1S/C12H10N4S/c13-7-10-12(15-16-14-10)11-6-5-9(17-11)4-3-8-1-2-8/h3-6,8H,1-2H2,(H,14,15,16)/b4-3+. The minimum atomic E-state index is 0.351. The van der Waals surface area contributed by atoms with Crippen LogP contribution in [-0.2, 0) is 0 Å². The van der Waals surface area contributed by atoms with Gasteiger partial charge in [-0.1, -0.05) is 6.08 Å². The first-order valence-corrected chi connectivity index (χ1v) is 6.28. The summed E-state index contributed by atoms with van der Waals surface area (Å²) in [6.07, 6.45) is 7.04. The zero-order valence-electron chi connectivity index (χ0n) is 9.05. The molecule has 1 saturated carbocycles. The molecular weight excluding hydrogens is 232 g/mol. The second-order valence-electron chi connectivity index (χ2n) is 4.03. The molecule has 17 heavy (non-hydrogen) atoms. The summed E-state index contributed by atoms with van der Waals surface area (Å²) in [5.41, 5.74) is 0.994. The van der Waals surface area contributed by atoms with Crippen LogP contribution in [0.3, 0.4) is 0 Å². The Morgan fingerprint density at radius 3 is 3.06 bits per heavy atom. The summed E-state index contributed by atoms with van der Waals surface area (Å²) in [4.78, 5) is 2.17. The Morgan fingerprint density at radius 2 is 2.29 bits per heavy atom. The fraction of sp³-hybridized carbons (Fsp3) is 0.250. The maximum Gasteiger partial charge on any atom is 0.191 e. The van der Waals surface area contributed by atoms with Gasteiger partial charge in [0.15, 0.2) is 5.69 Å². The number of nitrogens with one attached hydrogen (secondary N) is 1. The van der Waals surface area contributed by atoms with Gasteiger partial charge in [0.05, 0.1) is 4.88 Å². The highest BCUT2D eigenvalue weighted by Crippen LogP contribution is 2.33. The molecule has 0 bridgehead atoms. The van der Waals surface area contributed by atoms with Crippen molar-refractivity contribution in [3.05, 3.63) is 28.8 Å². The zero-order valence-corrected chi connectivity index (χ0v) is 9.87.